The highest BCUT2D eigenvalue weighted by Crippen LogP contribution is 2.36. The van der Waals surface area contributed by atoms with Crippen molar-refractivity contribution in [1.82, 2.24) is 5.32 Å². The Morgan fingerprint density at radius 3 is 2.56 bits per heavy atom. The van der Waals surface area contributed by atoms with Crippen LogP contribution in [0.25, 0.3) is 6.08 Å². The number of amides is 4. The Morgan fingerprint density at radius 2 is 1.85 bits per heavy atom. The van der Waals surface area contributed by atoms with E-state index < -0.39 is 23.8 Å². The number of hydrogen-bond donors (Lipinski definition) is 1. The zero-order chi connectivity index (χ0) is 24.4. The summed E-state index contributed by atoms with van der Waals surface area (Å²) in [5, 5.41) is 2.15. The Morgan fingerprint density at radius 1 is 1.09 bits per heavy atom. The van der Waals surface area contributed by atoms with Crippen LogP contribution in [0.3, 0.4) is 0 Å². The molecular formula is C23H14Br2N2O7. The molecule has 1 aromatic heterocycles. The second-order valence-electron chi connectivity index (χ2n) is 6.80. The van der Waals surface area contributed by atoms with Crippen LogP contribution in [0.1, 0.15) is 16.1 Å². The fourth-order valence-corrected chi connectivity index (χ4v) is 4.52. The van der Waals surface area contributed by atoms with Crippen molar-refractivity contribution in [2.75, 3.05) is 12.0 Å². The van der Waals surface area contributed by atoms with Crippen molar-refractivity contribution in [3.05, 3.63) is 80.6 Å². The maximum Gasteiger partial charge on any atom is 0.379 e. The first-order valence-corrected chi connectivity index (χ1v) is 11.2. The molecule has 2 aromatic carbocycles. The van der Waals surface area contributed by atoms with E-state index in [1.807, 2.05) is 0 Å². The number of carbonyl (C=O) groups excluding carboxylic acids is 4. The van der Waals surface area contributed by atoms with Crippen molar-refractivity contribution < 1.29 is 33.1 Å². The van der Waals surface area contributed by atoms with Crippen LogP contribution in [0.15, 0.2) is 73.7 Å². The molecule has 11 heteroatoms. The number of halogens is 2. The van der Waals surface area contributed by atoms with E-state index in [-0.39, 0.29) is 34.1 Å². The van der Waals surface area contributed by atoms with Crippen molar-refractivity contribution in [2.45, 2.75) is 0 Å². The maximum atomic E-state index is 13.3. The molecular weight excluding hydrogens is 576 g/mol. The van der Waals surface area contributed by atoms with E-state index in [1.165, 1.54) is 37.6 Å². The SMILES string of the molecule is COc1ccccc1N1C(=O)NC(=O)/C(=C/c2cc(Br)cc(Br)c2OC(=O)c2ccco2)C1=O. The average molecular weight is 590 g/mol. The van der Waals surface area contributed by atoms with E-state index in [2.05, 4.69) is 37.2 Å². The fraction of sp³-hybridized carbons (Fsp3) is 0.0435. The Balaban J connectivity index is 1.78. The Labute approximate surface area is 209 Å². The Kier molecular flexibility index (Phi) is 6.66. The second kappa shape index (κ2) is 9.65. The number of benzene rings is 2. The molecule has 9 nitrogen and oxygen atoms in total. The highest BCUT2D eigenvalue weighted by Gasteiger charge is 2.38. The highest BCUT2D eigenvalue weighted by molar-refractivity contribution is 9.11. The molecule has 0 saturated carbocycles. The van der Waals surface area contributed by atoms with Crippen LogP contribution in [0.2, 0.25) is 0 Å². The fourth-order valence-electron chi connectivity index (χ4n) is 3.18. The van der Waals surface area contributed by atoms with E-state index in [4.69, 9.17) is 13.9 Å². The molecule has 3 aromatic rings. The van der Waals surface area contributed by atoms with Crippen molar-refractivity contribution in [1.29, 1.82) is 0 Å². The minimum atomic E-state index is -0.920. The van der Waals surface area contributed by atoms with Gasteiger partial charge in [0, 0.05) is 10.0 Å². The molecule has 1 aliphatic rings. The quantitative estimate of drug-likeness (QED) is 0.198. The predicted molar refractivity (Wildman–Crippen MR) is 128 cm³/mol. The summed E-state index contributed by atoms with van der Waals surface area (Å²) < 4.78 is 16.7. The van der Waals surface area contributed by atoms with Gasteiger partial charge >= 0.3 is 12.0 Å². The van der Waals surface area contributed by atoms with Gasteiger partial charge in [0.15, 0.2) is 5.75 Å². The lowest BCUT2D eigenvalue weighted by molar-refractivity contribution is -0.122. The summed E-state index contributed by atoms with van der Waals surface area (Å²) in [4.78, 5) is 51.7. The van der Waals surface area contributed by atoms with Gasteiger partial charge in [-0.15, -0.1) is 0 Å². The number of carbonyl (C=O) groups is 4. The number of hydrogen-bond acceptors (Lipinski definition) is 7. The zero-order valence-electron chi connectivity index (χ0n) is 17.3. The number of ether oxygens (including phenoxy) is 2. The van der Waals surface area contributed by atoms with E-state index in [0.717, 1.165) is 4.90 Å². The topological polar surface area (TPSA) is 115 Å². The Bertz CT molecular complexity index is 1350. The monoisotopic (exact) mass is 588 g/mol. The third-order valence-electron chi connectivity index (χ3n) is 4.68. The van der Waals surface area contributed by atoms with Gasteiger partial charge in [0.2, 0.25) is 5.76 Å². The lowest BCUT2D eigenvalue weighted by atomic mass is 10.1. The number of urea groups is 1. The van der Waals surface area contributed by atoms with E-state index >= 15 is 0 Å². The van der Waals surface area contributed by atoms with Crippen LogP contribution < -0.4 is 19.7 Å². The molecule has 2 heterocycles. The van der Waals surface area contributed by atoms with Crippen LogP contribution in [0, 0.1) is 0 Å². The first-order valence-electron chi connectivity index (χ1n) is 9.59. The summed E-state index contributed by atoms with van der Waals surface area (Å²) in [6.45, 7) is 0. The molecule has 0 aliphatic carbocycles. The number of esters is 1. The lowest BCUT2D eigenvalue weighted by Crippen LogP contribution is -2.54. The molecule has 34 heavy (non-hydrogen) atoms. The number of anilines is 1. The first-order chi connectivity index (χ1) is 16.3. The molecule has 1 fully saturated rings. The van der Waals surface area contributed by atoms with E-state index in [1.54, 1.807) is 30.3 Å². The molecule has 4 amide bonds. The minimum absolute atomic E-state index is 0.0344. The standard InChI is InChI=1S/C23H14Br2N2O7/c1-32-17-6-3-2-5-16(17)27-21(29)14(20(28)26-23(27)31)10-12-9-13(24)11-15(25)19(12)34-22(30)18-7-4-8-33-18/h2-11H,1H3,(H,26,28,31)/b14-10-. The van der Waals surface area contributed by atoms with Gasteiger partial charge < -0.3 is 13.9 Å². The summed E-state index contributed by atoms with van der Waals surface area (Å²) in [5.74, 6) is -2.29. The summed E-state index contributed by atoms with van der Waals surface area (Å²) in [6, 6.07) is 11.6. The van der Waals surface area contributed by atoms with Crippen molar-refractivity contribution in [2.24, 2.45) is 0 Å². The molecule has 0 unspecified atom stereocenters. The number of barbiturate groups is 1. The summed E-state index contributed by atoms with van der Waals surface area (Å²) >= 11 is 6.67. The molecule has 1 N–H and O–H groups in total. The minimum Gasteiger partial charge on any atom is -0.495 e. The number of para-hydroxylation sites is 2. The summed E-state index contributed by atoms with van der Waals surface area (Å²) in [5.41, 5.74) is 0.0191. The van der Waals surface area contributed by atoms with Gasteiger partial charge in [0.25, 0.3) is 11.8 Å². The van der Waals surface area contributed by atoms with Crippen LogP contribution in [0.4, 0.5) is 10.5 Å². The average Bonchev–Trinajstić information content (AvgIpc) is 3.34. The molecule has 0 radical (unpaired) electrons. The van der Waals surface area contributed by atoms with Crippen LogP contribution in [-0.2, 0) is 9.59 Å². The number of nitrogens with one attached hydrogen (secondary N) is 1. The van der Waals surface area contributed by atoms with Crippen LogP contribution >= 0.6 is 31.9 Å². The molecule has 172 valence electrons. The smallest absolute Gasteiger partial charge is 0.379 e. The van der Waals surface area contributed by atoms with Crippen LogP contribution in [0.5, 0.6) is 11.5 Å². The number of furan rings is 1. The van der Waals surface area contributed by atoms with Gasteiger partial charge in [-0.2, -0.15) is 0 Å². The number of rotatable bonds is 5. The van der Waals surface area contributed by atoms with Crippen LogP contribution in [-0.4, -0.2) is 30.9 Å². The zero-order valence-corrected chi connectivity index (χ0v) is 20.5. The molecule has 4 rings (SSSR count). The van der Waals surface area contributed by atoms with Gasteiger partial charge in [-0.05, 0) is 58.4 Å². The number of imide groups is 2. The van der Waals surface area contributed by atoms with Gasteiger partial charge in [-0.1, -0.05) is 28.1 Å². The first kappa shape index (κ1) is 23.5. The van der Waals surface area contributed by atoms with E-state index in [9.17, 15) is 19.2 Å². The molecule has 1 aliphatic heterocycles. The lowest BCUT2D eigenvalue weighted by Gasteiger charge is -2.27. The third-order valence-corrected chi connectivity index (χ3v) is 5.73. The van der Waals surface area contributed by atoms with Crippen molar-refractivity contribution in [3.63, 3.8) is 0 Å². The van der Waals surface area contributed by atoms with Gasteiger partial charge in [0.1, 0.15) is 11.3 Å². The maximum absolute atomic E-state index is 13.3. The highest BCUT2D eigenvalue weighted by atomic mass is 79.9. The normalized spacial score (nSPS) is 14.9. The Hall–Kier alpha value is -3.70. The predicted octanol–water partition coefficient (Wildman–Crippen LogP) is 4.70. The van der Waals surface area contributed by atoms with Crippen molar-refractivity contribution in [3.8, 4) is 11.5 Å². The summed E-state index contributed by atoms with van der Waals surface area (Å²) in [6.07, 6.45) is 2.55. The molecule has 0 spiro atoms. The third kappa shape index (κ3) is 4.52. The van der Waals surface area contributed by atoms with Gasteiger partial charge in [0.05, 0.1) is 23.5 Å². The second-order valence-corrected chi connectivity index (χ2v) is 8.57. The number of nitrogens with zero attached hydrogens (tertiary/aromatic N) is 1. The summed E-state index contributed by atoms with van der Waals surface area (Å²) in [7, 11) is 1.39. The van der Waals surface area contributed by atoms with Crippen molar-refractivity contribution >= 4 is 67.4 Å². The number of methoxy groups -OCH3 is 1. The van der Waals surface area contributed by atoms with Gasteiger partial charge in [-0.25, -0.2) is 14.5 Å². The largest absolute Gasteiger partial charge is 0.495 e. The van der Waals surface area contributed by atoms with E-state index in [0.29, 0.717) is 8.95 Å². The molecule has 0 bridgehead atoms. The van der Waals surface area contributed by atoms with Gasteiger partial charge in [-0.3, -0.25) is 14.9 Å². The molecule has 0 atom stereocenters. The molecule has 1 saturated heterocycles.